The van der Waals surface area contributed by atoms with Crippen molar-refractivity contribution in [3.8, 4) is 0 Å². The van der Waals surface area contributed by atoms with Gasteiger partial charge in [0.2, 0.25) is 0 Å². The standard InChI is InChI=1S/C36H43N3O3/c1-35(2,3)28-14-12-25(13-15-28)23-39-24-31(26-18-20-38(21-19-26)34(41)42-36(4,5)6)30-17-16-29(22-32(30)39)37-33(40)27-10-8-7-9-11-27/h7-17,22,24,26H,18-21,23H2,1-6H3,(H,37,40). The van der Waals surface area contributed by atoms with Crippen LogP contribution in [0, 0.1) is 0 Å². The molecule has 220 valence electrons. The molecule has 0 aliphatic carbocycles. The minimum atomic E-state index is -0.500. The number of likely N-dealkylation sites (tertiary alicyclic amines) is 1. The van der Waals surface area contributed by atoms with Gasteiger partial charge in [-0.1, -0.05) is 69.3 Å². The molecule has 0 unspecified atom stereocenters. The summed E-state index contributed by atoms with van der Waals surface area (Å²) in [6.45, 7) is 14.5. The van der Waals surface area contributed by atoms with Gasteiger partial charge >= 0.3 is 6.09 Å². The van der Waals surface area contributed by atoms with Crippen molar-refractivity contribution >= 4 is 28.6 Å². The first kappa shape index (κ1) is 29.4. The largest absolute Gasteiger partial charge is 0.444 e. The number of carbonyl (C=O) groups excluding carboxylic acids is 2. The molecule has 1 saturated heterocycles. The number of nitrogens with zero attached hydrogens (tertiary/aromatic N) is 2. The number of piperidine rings is 1. The summed E-state index contributed by atoms with van der Waals surface area (Å²) in [5, 5.41) is 4.27. The van der Waals surface area contributed by atoms with Gasteiger partial charge in [0, 0.05) is 42.5 Å². The monoisotopic (exact) mass is 565 g/mol. The van der Waals surface area contributed by atoms with Crippen LogP contribution in [0.2, 0.25) is 0 Å². The number of carbonyl (C=O) groups is 2. The van der Waals surface area contributed by atoms with Gasteiger partial charge in [-0.25, -0.2) is 4.79 Å². The van der Waals surface area contributed by atoms with E-state index in [0.29, 0.717) is 24.6 Å². The maximum absolute atomic E-state index is 12.9. The number of rotatable bonds is 5. The van der Waals surface area contributed by atoms with Crippen LogP contribution in [0.3, 0.4) is 0 Å². The summed E-state index contributed by atoms with van der Waals surface area (Å²) in [6, 6.07) is 24.4. The first-order chi connectivity index (χ1) is 19.9. The van der Waals surface area contributed by atoms with Gasteiger partial charge in [-0.15, -0.1) is 0 Å². The summed E-state index contributed by atoms with van der Waals surface area (Å²) in [4.78, 5) is 27.4. The molecule has 0 bridgehead atoms. The summed E-state index contributed by atoms with van der Waals surface area (Å²) in [5.41, 5.74) is 5.92. The van der Waals surface area contributed by atoms with Gasteiger partial charge in [-0.3, -0.25) is 4.79 Å². The molecule has 2 amide bonds. The highest BCUT2D eigenvalue weighted by Gasteiger charge is 2.29. The second kappa shape index (κ2) is 11.7. The summed E-state index contributed by atoms with van der Waals surface area (Å²) < 4.78 is 7.91. The molecule has 3 aromatic carbocycles. The first-order valence-corrected chi connectivity index (χ1v) is 14.9. The first-order valence-electron chi connectivity index (χ1n) is 14.9. The summed E-state index contributed by atoms with van der Waals surface area (Å²) in [6.07, 6.45) is 3.80. The quantitative estimate of drug-likeness (QED) is 0.264. The van der Waals surface area contributed by atoms with Gasteiger partial charge in [0.05, 0.1) is 5.52 Å². The molecule has 4 aromatic rings. The minimum absolute atomic E-state index is 0.103. The van der Waals surface area contributed by atoms with Crippen LogP contribution in [-0.2, 0) is 16.7 Å². The van der Waals surface area contributed by atoms with Crippen LogP contribution in [0.1, 0.15) is 87.4 Å². The van der Waals surface area contributed by atoms with E-state index >= 15 is 0 Å². The highest BCUT2D eigenvalue weighted by Crippen LogP contribution is 2.36. The third-order valence-corrected chi connectivity index (χ3v) is 7.97. The zero-order chi connectivity index (χ0) is 30.1. The highest BCUT2D eigenvalue weighted by molar-refractivity contribution is 6.05. The van der Waals surface area contributed by atoms with E-state index in [1.54, 1.807) is 0 Å². The van der Waals surface area contributed by atoms with Crippen molar-refractivity contribution < 1.29 is 14.3 Å². The molecule has 0 saturated carbocycles. The lowest BCUT2D eigenvalue weighted by molar-refractivity contribution is 0.0205. The van der Waals surface area contributed by atoms with E-state index in [2.05, 4.69) is 73.3 Å². The van der Waals surface area contributed by atoms with Crippen molar-refractivity contribution in [1.82, 2.24) is 9.47 Å². The molecular formula is C36H43N3O3. The molecule has 42 heavy (non-hydrogen) atoms. The molecule has 0 radical (unpaired) electrons. The lowest BCUT2D eigenvalue weighted by Crippen LogP contribution is -2.41. The second-order valence-corrected chi connectivity index (χ2v) is 13.5. The van der Waals surface area contributed by atoms with E-state index < -0.39 is 5.60 Å². The number of anilines is 1. The zero-order valence-electron chi connectivity index (χ0n) is 25.7. The van der Waals surface area contributed by atoms with Crippen LogP contribution >= 0.6 is 0 Å². The molecule has 0 atom stereocenters. The molecule has 6 heteroatoms. The number of ether oxygens (including phenoxy) is 1. The van der Waals surface area contributed by atoms with Crippen molar-refractivity contribution in [2.75, 3.05) is 18.4 Å². The fourth-order valence-electron chi connectivity index (χ4n) is 5.65. The van der Waals surface area contributed by atoms with E-state index in [0.717, 1.165) is 30.6 Å². The molecule has 1 aliphatic heterocycles. The van der Waals surface area contributed by atoms with E-state index in [1.807, 2.05) is 62.1 Å². The Hall–Kier alpha value is -4.06. The van der Waals surface area contributed by atoms with E-state index in [9.17, 15) is 9.59 Å². The maximum atomic E-state index is 12.9. The third-order valence-electron chi connectivity index (χ3n) is 7.97. The smallest absolute Gasteiger partial charge is 0.410 e. The number of fused-ring (bicyclic) bond motifs is 1. The molecule has 5 rings (SSSR count). The van der Waals surface area contributed by atoms with Gasteiger partial charge in [0.25, 0.3) is 5.91 Å². The Morgan fingerprint density at radius 1 is 0.881 bits per heavy atom. The van der Waals surface area contributed by atoms with Crippen molar-refractivity contribution in [2.45, 2.75) is 77.9 Å². The summed E-state index contributed by atoms with van der Waals surface area (Å²) in [7, 11) is 0. The Morgan fingerprint density at radius 2 is 1.55 bits per heavy atom. The lowest BCUT2D eigenvalue weighted by atomic mass is 9.87. The van der Waals surface area contributed by atoms with Crippen LogP contribution in [0.4, 0.5) is 10.5 Å². The second-order valence-electron chi connectivity index (χ2n) is 13.5. The van der Waals surface area contributed by atoms with Crippen molar-refractivity contribution in [3.05, 3.63) is 101 Å². The Bertz CT molecular complexity index is 1550. The number of hydrogen-bond donors (Lipinski definition) is 1. The fourth-order valence-corrected chi connectivity index (χ4v) is 5.65. The van der Waals surface area contributed by atoms with Crippen LogP contribution in [0.15, 0.2) is 79.0 Å². The summed E-state index contributed by atoms with van der Waals surface area (Å²) in [5.74, 6) is 0.209. The van der Waals surface area contributed by atoms with Gasteiger partial charge < -0.3 is 19.5 Å². The third kappa shape index (κ3) is 6.87. The van der Waals surface area contributed by atoms with Crippen molar-refractivity contribution in [2.24, 2.45) is 0 Å². The molecule has 1 fully saturated rings. The average molecular weight is 566 g/mol. The molecule has 6 nitrogen and oxygen atoms in total. The Kier molecular flexibility index (Phi) is 8.18. The van der Waals surface area contributed by atoms with E-state index in [4.69, 9.17) is 4.74 Å². The predicted molar refractivity (Wildman–Crippen MR) is 170 cm³/mol. The zero-order valence-corrected chi connectivity index (χ0v) is 25.7. The molecule has 2 heterocycles. The number of amides is 2. The number of hydrogen-bond acceptors (Lipinski definition) is 3. The van der Waals surface area contributed by atoms with Crippen molar-refractivity contribution in [1.29, 1.82) is 0 Å². The normalized spacial score (nSPS) is 14.7. The molecule has 1 aromatic heterocycles. The maximum Gasteiger partial charge on any atom is 0.410 e. The SMILES string of the molecule is CC(C)(C)OC(=O)N1CCC(c2cn(Cc3ccc(C(C)(C)C)cc3)c3cc(NC(=O)c4ccccc4)ccc23)CC1. The lowest BCUT2D eigenvalue weighted by Gasteiger charge is -2.33. The van der Waals surface area contributed by atoms with E-state index in [1.165, 1.54) is 22.1 Å². The van der Waals surface area contributed by atoms with Gasteiger partial charge in [0.1, 0.15) is 5.60 Å². The molecular weight excluding hydrogens is 522 g/mol. The average Bonchev–Trinajstić information content (AvgIpc) is 3.30. The van der Waals surface area contributed by atoms with Gasteiger partial charge in [-0.2, -0.15) is 0 Å². The Morgan fingerprint density at radius 3 is 2.17 bits per heavy atom. The van der Waals surface area contributed by atoms with E-state index in [-0.39, 0.29) is 17.4 Å². The van der Waals surface area contributed by atoms with Crippen LogP contribution in [0.25, 0.3) is 10.9 Å². The van der Waals surface area contributed by atoms with Crippen LogP contribution in [-0.4, -0.2) is 40.2 Å². The van der Waals surface area contributed by atoms with Gasteiger partial charge in [0.15, 0.2) is 0 Å². The predicted octanol–water partition coefficient (Wildman–Crippen LogP) is 8.35. The van der Waals surface area contributed by atoms with Crippen LogP contribution < -0.4 is 5.32 Å². The Balaban J connectivity index is 1.43. The fraction of sp³-hybridized carbons (Fsp3) is 0.389. The number of nitrogens with one attached hydrogen (secondary N) is 1. The van der Waals surface area contributed by atoms with Crippen LogP contribution in [0.5, 0.6) is 0 Å². The molecule has 0 spiro atoms. The van der Waals surface area contributed by atoms with Gasteiger partial charge in [-0.05, 0) is 85.9 Å². The molecule has 1 aliphatic rings. The molecule has 1 N–H and O–H groups in total. The topological polar surface area (TPSA) is 63.6 Å². The summed E-state index contributed by atoms with van der Waals surface area (Å²) >= 11 is 0. The Labute approximate surface area is 249 Å². The number of benzene rings is 3. The number of aromatic nitrogens is 1. The minimum Gasteiger partial charge on any atom is -0.444 e. The van der Waals surface area contributed by atoms with Crippen molar-refractivity contribution in [3.63, 3.8) is 0 Å². The highest BCUT2D eigenvalue weighted by atomic mass is 16.6.